The van der Waals surface area contributed by atoms with Crippen molar-refractivity contribution in [2.45, 2.75) is 6.18 Å². The molecule has 0 spiro atoms. The monoisotopic (exact) mass is 378 g/mol. The van der Waals surface area contributed by atoms with Crippen LogP contribution in [0.25, 0.3) is 11.1 Å². The number of nitrogens with one attached hydrogen (secondary N) is 1. The number of rotatable bonds is 4. The van der Waals surface area contributed by atoms with Gasteiger partial charge in [-0.15, -0.1) is 11.3 Å². The zero-order valence-electron chi connectivity index (χ0n) is 13.5. The fourth-order valence-electron chi connectivity index (χ4n) is 2.23. The number of alkyl halides is 3. The number of hydrogen-bond acceptors (Lipinski definition) is 4. The second-order valence-electron chi connectivity index (χ2n) is 5.30. The number of benzene rings is 2. The van der Waals surface area contributed by atoms with Crippen molar-refractivity contribution in [2.24, 2.45) is 0 Å². The summed E-state index contributed by atoms with van der Waals surface area (Å²) in [5, 5.41) is 3.14. The van der Waals surface area contributed by atoms with E-state index in [1.54, 1.807) is 31.4 Å². The zero-order chi connectivity index (χ0) is 18.7. The van der Waals surface area contributed by atoms with Gasteiger partial charge in [0, 0.05) is 10.9 Å². The molecule has 0 saturated carbocycles. The summed E-state index contributed by atoms with van der Waals surface area (Å²) in [6.45, 7) is 0. The van der Waals surface area contributed by atoms with Gasteiger partial charge < -0.3 is 4.74 Å². The summed E-state index contributed by atoms with van der Waals surface area (Å²) in [4.78, 5) is 15.5. The Labute approximate surface area is 151 Å². The van der Waals surface area contributed by atoms with Crippen molar-refractivity contribution >= 4 is 22.4 Å². The number of methoxy groups -OCH3 is 1. The summed E-state index contributed by atoms with van der Waals surface area (Å²) >= 11 is 0.728. The molecule has 3 rings (SSSR count). The van der Waals surface area contributed by atoms with Crippen LogP contribution in [0.15, 0.2) is 53.9 Å². The standard InChI is InChI=1S/C18H13F3N2O2S/c1-25-14-8-6-12(7-9-14)11-2-4-13(5-3-11)16(24)23-17-22-15(10-26-17)18(19,20)21/h2-10H,1H3,(H,22,23,24). The SMILES string of the molecule is COc1ccc(-c2ccc(C(=O)Nc3nc(C(F)(F)F)cs3)cc2)cc1. The number of thiazole rings is 1. The average molecular weight is 378 g/mol. The largest absolute Gasteiger partial charge is 0.497 e. The predicted molar refractivity (Wildman–Crippen MR) is 93.5 cm³/mol. The molecule has 134 valence electrons. The van der Waals surface area contributed by atoms with E-state index in [9.17, 15) is 18.0 Å². The lowest BCUT2D eigenvalue weighted by atomic mass is 10.0. The van der Waals surface area contributed by atoms with Gasteiger partial charge in [0.05, 0.1) is 7.11 Å². The molecular formula is C18H13F3N2O2S. The smallest absolute Gasteiger partial charge is 0.434 e. The van der Waals surface area contributed by atoms with Gasteiger partial charge in [0.25, 0.3) is 5.91 Å². The molecule has 8 heteroatoms. The number of hydrogen-bond donors (Lipinski definition) is 1. The van der Waals surface area contributed by atoms with Crippen LogP contribution in [0.1, 0.15) is 16.1 Å². The van der Waals surface area contributed by atoms with Crippen LogP contribution in [0, 0.1) is 0 Å². The number of nitrogens with zero attached hydrogens (tertiary/aromatic N) is 1. The molecule has 1 amide bonds. The Bertz CT molecular complexity index is 903. The van der Waals surface area contributed by atoms with E-state index in [1.165, 1.54) is 0 Å². The van der Waals surface area contributed by atoms with Crippen LogP contribution in [-0.2, 0) is 6.18 Å². The van der Waals surface area contributed by atoms with Crippen LogP contribution in [0.3, 0.4) is 0 Å². The van der Waals surface area contributed by atoms with Crippen LogP contribution in [0.2, 0.25) is 0 Å². The molecule has 4 nitrogen and oxygen atoms in total. The molecule has 0 saturated heterocycles. The van der Waals surface area contributed by atoms with E-state index >= 15 is 0 Å². The van der Waals surface area contributed by atoms with Gasteiger partial charge in [0.2, 0.25) is 0 Å². The van der Waals surface area contributed by atoms with Crippen molar-refractivity contribution in [1.82, 2.24) is 4.98 Å². The van der Waals surface area contributed by atoms with Crippen LogP contribution >= 0.6 is 11.3 Å². The minimum atomic E-state index is -4.53. The average Bonchev–Trinajstić information content (AvgIpc) is 3.11. The van der Waals surface area contributed by atoms with Gasteiger partial charge in [-0.3, -0.25) is 10.1 Å². The molecule has 2 aromatic carbocycles. The summed E-state index contributed by atoms with van der Waals surface area (Å²) < 4.78 is 42.7. The Hall–Kier alpha value is -2.87. The maximum Gasteiger partial charge on any atom is 0.434 e. The van der Waals surface area contributed by atoms with Crippen LogP contribution in [-0.4, -0.2) is 18.0 Å². The van der Waals surface area contributed by atoms with Gasteiger partial charge in [-0.05, 0) is 35.4 Å². The highest BCUT2D eigenvalue weighted by Gasteiger charge is 2.33. The molecule has 0 aliphatic heterocycles. The van der Waals surface area contributed by atoms with E-state index < -0.39 is 17.8 Å². The first-order valence-electron chi connectivity index (χ1n) is 7.45. The van der Waals surface area contributed by atoms with Gasteiger partial charge in [0.1, 0.15) is 5.75 Å². The first-order valence-corrected chi connectivity index (χ1v) is 8.33. The molecule has 3 aromatic rings. The number of amides is 1. The Balaban J connectivity index is 1.71. The second-order valence-corrected chi connectivity index (χ2v) is 6.15. The topological polar surface area (TPSA) is 51.2 Å². The number of aromatic nitrogens is 1. The molecule has 0 aliphatic rings. The number of carbonyl (C=O) groups is 1. The Morgan fingerprint density at radius 2 is 1.62 bits per heavy atom. The molecule has 26 heavy (non-hydrogen) atoms. The normalized spacial score (nSPS) is 11.2. The van der Waals surface area contributed by atoms with Crippen molar-refractivity contribution in [3.63, 3.8) is 0 Å². The Morgan fingerprint density at radius 1 is 1.04 bits per heavy atom. The highest BCUT2D eigenvalue weighted by Crippen LogP contribution is 2.31. The Kier molecular flexibility index (Phi) is 4.94. The molecule has 0 aliphatic carbocycles. The number of anilines is 1. The van der Waals surface area contributed by atoms with E-state index in [0.29, 0.717) is 5.56 Å². The third-order valence-corrected chi connectivity index (χ3v) is 4.34. The molecular weight excluding hydrogens is 365 g/mol. The molecule has 0 unspecified atom stereocenters. The number of ether oxygens (including phenoxy) is 1. The fraction of sp³-hybridized carbons (Fsp3) is 0.111. The lowest BCUT2D eigenvalue weighted by molar-refractivity contribution is -0.140. The van der Waals surface area contributed by atoms with Gasteiger partial charge in [-0.2, -0.15) is 13.2 Å². The number of carbonyl (C=O) groups excluding carboxylic acids is 1. The van der Waals surface area contributed by atoms with Crippen LogP contribution in [0.5, 0.6) is 5.75 Å². The predicted octanol–water partition coefficient (Wildman–Crippen LogP) is 5.09. The Morgan fingerprint density at radius 3 is 2.12 bits per heavy atom. The molecule has 1 N–H and O–H groups in total. The molecule has 0 atom stereocenters. The molecule has 0 radical (unpaired) electrons. The maximum absolute atomic E-state index is 12.5. The minimum Gasteiger partial charge on any atom is -0.497 e. The summed E-state index contributed by atoms with van der Waals surface area (Å²) in [6, 6.07) is 14.2. The summed E-state index contributed by atoms with van der Waals surface area (Å²) in [5.41, 5.74) is 1.16. The lowest BCUT2D eigenvalue weighted by Crippen LogP contribution is -2.12. The number of halogens is 3. The van der Waals surface area contributed by atoms with Gasteiger partial charge in [0.15, 0.2) is 10.8 Å². The van der Waals surface area contributed by atoms with Gasteiger partial charge >= 0.3 is 6.18 Å². The highest BCUT2D eigenvalue weighted by molar-refractivity contribution is 7.14. The first-order chi connectivity index (χ1) is 12.4. The lowest BCUT2D eigenvalue weighted by Gasteiger charge is -2.06. The second kappa shape index (κ2) is 7.17. The van der Waals surface area contributed by atoms with Crippen molar-refractivity contribution < 1.29 is 22.7 Å². The van der Waals surface area contributed by atoms with Crippen molar-refractivity contribution in [1.29, 1.82) is 0 Å². The van der Waals surface area contributed by atoms with Crippen LogP contribution in [0.4, 0.5) is 18.3 Å². The molecule has 0 bridgehead atoms. The quantitative estimate of drug-likeness (QED) is 0.688. The first kappa shape index (κ1) is 17.9. The maximum atomic E-state index is 12.5. The van der Waals surface area contributed by atoms with E-state index in [-0.39, 0.29) is 5.13 Å². The summed E-state index contributed by atoms with van der Waals surface area (Å²) in [7, 11) is 1.59. The molecule has 1 aromatic heterocycles. The summed E-state index contributed by atoms with van der Waals surface area (Å²) in [5.74, 6) is 0.223. The van der Waals surface area contributed by atoms with Crippen molar-refractivity contribution in [3.05, 3.63) is 65.2 Å². The van der Waals surface area contributed by atoms with E-state index in [4.69, 9.17) is 4.74 Å². The zero-order valence-corrected chi connectivity index (χ0v) is 14.3. The van der Waals surface area contributed by atoms with E-state index in [2.05, 4.69) is 10.3 Å². The van der Waals surface area contributed by atoms with Gasteiger partial charge in [-0.25, -0.2) is 4.98 Å². The third-order valence-electron chi connectivity index (χ3n) is 3.59. The van der Waals surface area contributed by atoms with E-state index in [0.717, 1.165) is 33.6 Å². The van der Waals surface area contributed by atoms with Gasteiger partial charge in [-0.1, -0.05) is 24.3 Å². The van der Waals surface area contributed by atoms with Crippen molar-refractivity contribution in [2.75, 3.05) is 12.4 Å². The molecule has 1 heterocycles. The molecule has 0 fully saturated rings. The summed E-state index contributed by atoms with van der Waals surface area (Å²) in [6.07, 6.45) is -4.53. The third kappa shape index (κ3) is 4.02. The fourth-order valence-corrected chi connectivity index (χ4v) is 2.94. The highest BCUT2D eigenvalue weighted by atomic mass is 32.1. The van der Waals surface area contributed by atoms with E-state index in [1.807, 2.05) is 24.3 Å². The minimum absolute atomic E-state index is 0.0958. The van der Waals surface area contributed by atoms with Crippen LogP contribution < -0.4 is 10.1 Å². The van der Waals surface area contributed by atoms with Crippen molar-refractivity contribution in [3.8, 4) is 16.9 Å².